The monoisotopic (exact) mass is 515 g/mol. The fourth-order valence-corrected chi connectivity index (χ4v) is 4.31. The molecule has 0 aliphatic carbocycles. The number of carbonyl (C=O) groups excluding carboxylic acids is 1. The first-order chi connectivity index (χ1) is 18.3. The predicted octanol–water partition coefficient (Wildman–Crippen LogP) is 5.05. The molecule has 0 bridgehead atoms. The summed E-state index contributed by atoms with van der Waals surface area (Å²) in [4.78, 5) is 36.6. The van der Waals surface area contributed by atoms with Gasteiger partial charge in [-0.1, -0.05) is 12.1 Å². The molecule has 0 aliphatic heterocycles. The maximum Gasteiger partial charge on any atom is 0.355 e. The second kappa shape index (κ2) is 9.81. The van der Waals surface area contributed by atoms with E-state index in [-0.39, 0.29) is 29.6 Å². The number of fused-ring (bicyclic) bond motifs is 1. The topological polar surface area (TPSA) is 140 Å². The third-order valence-corrected chi connectivity index (χ3v) is 6.04. The molecule has 0 radical (unpaired) electrons. The van der Waals surface area contributed by atoms with Crippen molar-refractivity contribution in [2.75, 3.05) is 20.8 Å². The molecule has 0 amide bonds. The normalized spacial score (nSPS) is 11.1. The summed E-state index contributed by atoms with van der Waals surface area (Å²) in [5.41, 5.74) is 1.93. The van der Waals surface area contributed by atoms with Crippen molar-refractivity contribution < 1.29 is 28.5 Å². The van der Waals surface area contributed by atoms with Gasteiger partial charge in [-0.05, 0) is 44.2 Å². The second-order valence-electron chi connectivity index (χ2n) is 8.45. The molecule has 0 aliphatic rings. The Morgan fingerprint density at radius 2 is 1.82 bits per heavy atom. The lowest BCUT2D eigenvalue weighted by molar-refractivity contribution is 0.0521. The molecule has 5 rings (SSSR count). The number of methoxy groups -OCH3 is 2. The van der Waals surface area contributed by atoms with Crippen LogP contribution in [0, 0.1) is 6.92 Å². The predicted molar refractivity (Wildman–Crippen MR) is 141 cm³/mol. The van der Waals surface area contributed by atoms with Crippen molar-refractivity contribution >= 4 is 16.9 Å². The SMILES string of the molecule is CCOC(=O)c1[nH]c2ccc(OC)cc2c1-c1nc(-c2cccc(OC)c2)c(-c2oc(C)cc(=O)c2O)[nH]1. The summed E-state index contributed by atoms with van der Waals surface area (Å²) in [6, 6.07) is 13.7. The molecule has 0 unspecified atom stereocenters. The molecule has 194 valence electrons. The number of hydrogen-bond acceptors (Lipinski definition) is 8. The van der Waals surface area contributed by atoms with E-state index in [9.17, 15) is 14.7 Å². The van der Waals surface area contributed by atoms with Crippen LogP contribution in [0.25, 0.3) is 45.0 Å². The Hall–Kier alpha value is -4.99. The number of hydrogen-bond donors (Lipinski definition) is 3. The lowest BCUT2D eigenvalue weighted by atomic mass is 10.1. The molecule has 0 atom stereocenters. The molecule has 0 spiro atoms. The number of ether oxygens (including phenoxy) is 3. The lowest BCUT2D eigenvalue weighted by Crippen LogP contribution is -2.06. The van der Waals surface area contributed by atoms with E-state index < -0.39 is 17.1 Å². The largest absolute Gasteiger partial charge is 0.501 e. The third-order valence-electron chi connectivity index (χ3n) is 6.04. The highest BCUT2D eigenvalue weighted by atomic mass is 16.5. The number of rotatable bonds is 7. The summed E-state index contributed by atoms with van der Waals surface area (Å²) in [5, 5.41) is 11.3. The fourth-order valence-electron chi connectivity index (χ4n) is 4.31. The number of H-pyrrole nitrogens is 2. The quantitative estimate of drug-likeness (QED) is 0.256. The minimum atomic E-state index is -0.597. The van der Waals surface area contributed by atoms with E-state index in [1.165, 1.54) is 6.07 Å². The van der Waals surface area contributed by atoms with Gasteiger partial charge in [-0.2, -0.15) is 0 Å². The Kier molecular flexibility index (Phi) is 6.38. The lowest BCUT2D eigenvalue weighted by Gasteiger charge is -2.06. The van der Waals surface area contributed by atoms with Gasteiger partial charge >= 0.3 is 5.97 Å². The number of aryl methyl sites for hydroxylation is 1. The van der Waals surface area contributed by atoms with Crippen LogP contribution in [0.4, 0.5) is 0 Å². The molecular weight excluding hydrogens is 490 g/mol. The maximum absolute atomic E-state index is 13.0. The molecule has 0 saturated carbocycles. The highest BCUT2D eigenvalue weighted by Gasteiger charge is 2.27. The van der Waals surface area contributed by atoms with Gasteiger partial charge in [0.05, 0.1) is 26.4 Å². The summed E-state index contributed by atoms with van der Waals surface area (Å²) in [7, 11) is 3.10. The summed E-state index contributed by atoms with van der Waals surface area (Å²) in [6.07, 6.45) is 0. The summed E-state index contributed by atoms with van der Waals surface area (Å²) in [5.74, 6) is 0.530. The number of benzene rings is 2. The van der Waals surface area contributed by atoms with E-state index in [2.05, 4.69) is 9.97 Å². The third kappa shape index (κ3) is 4.26. The Morgan fingerprint density at radius 3 is 2.55 bits per heavy atom. The zero-order valence-electron chi connectivity index (χ0n) is 21.2. The van der Waals surface area contributed by atoms with E-state index in [0.717, 1.165) is 0 Å². The van der Waals surface area contributed by atoms with Gasteiger partial charge in [0.1, 0.15) is 40.2 Å². The van der Waals surface area contributed by atoms with Gasteiger partial charge in [-0.3, -0.25) is 4.79 Å². The van der Waals surface area contributed by atoms with E-state index in [1.54, 1.807) is 70.5 Å². The molecule has 10 nitrogen and oxygen atoms in total. The number of nitrogens with zero attached hydrogens (tertiary/aromatic N) is 1. The molecule has 3 N–H and O–H groups in total. The molecule has 10 heteroatoms. The molecule has 2 aromatic carbocycles. The van der Waals surface area contributed by atoms with Crippen LogP contribution in [0.2, 0.25) is 0 Å². The Bertz CT molecular complexity index is 1730. The van der Waals surface area contributed by atoms with Gasteiger partial charge in [-0.25, -0.2) is 9.78 Å². The van der Waals surface area contributed by atoms with E-state index in [0.29, 0.717) is 45.0 Å². The van der Waals surface area contributed by atoms with Gasteiger partial charge < -0.3 is 33.7 Å². The molecule has 3 aromatic heterocycles. The zero-order valence-corrected chi connectivity index (χ0v) is 21.2. The van der Waals surface area contributed by atoms with Crippen LogP contribution in [0.3, 0.4) is 0 Å². The average molecular weight is 516 g/mol. The van der Waals surface area contributed by atoms with Crippen molar-refractivity contribution in [3.63, 3.8) is 0 Å². The Labute approximate surface area is 216 Å². The van der Waals surface area contributed by atoms with Crippen LogP contribution in [0.5, 0.6) is 17.2 Å². The standard InChI is InChI=1S/C28H25N3O7/c1-5-37-28(34)23-21(18-13-17(36-4)9-10-19(18)29-23)27-30-22(15-7-6-8-16(12-15)35-3)24(31-27)26-25(33)20(32)11-14(2)38-26/h6-13,29,33H,5H2,1-4H3,(H,30,31). The van der Waals surface area contributed by atoms with Crippen LogP contribution < -0.4 is 14.9 Å². The molecule has 0 saturated heterocycles. The summed E-state index contributed by atoms with van der Waals surface area (Å²) >= 11 is 0. The van der Waals surface area contributed by atoms with Crippen molar-refractivity contribution in [2.24, 2.45) is 0 Å². The van der Waals surface area contributed by atoms with Crippen molar-refractivity contribution in [1.29, 1.82) is 0 Å². The molecule has 5 aromatic rings. The molecule has 0 fully saturated rings. The van der Waals surface area contributed by atoms with Gasteiger partial charge in [0.25, 0.3) is 0 Å². The number of esters is 1. The Balaban J connectivity index is 1.84. The number of nitrogens with one attached hydrogen (secondary N) is 2. The first-order valence-corrected chi connectivity index (χ1v) is 11.8. The fraction of sp³-hybridized carbons (Fsp3) is 0.179. The minimum absolute atomic E-state index is 0.0818. The van der Waals surface area contributed by atoms with Crippen LogP contribution in [-0.4, -0.2) is 46.9 Å². The van der Waals surface area contributed by atoms with Crippen LogP contribution >= 0.6 is 0 Å². The van der Waals surface area contributed by atoms with Crippen LogP contribution in [0.1, 0.15) is 23.2 Å². The smallest absolute Gasteiger partial charge is 0.355 e. The molecular formula is C28H25N3O7. The number of imidazole rings is 1. The van der Waals surface area contributed by atoms with Crippen molar-refractivity contribution in [3.8, 4) is 51.3 Å². The first kappa shape index (κ1) is 24.7. The Morgan fingerprint density at radius 1 is 1.05 bits per heavy atom. The van der Waals surface area contributed by atoms with Crippen LogP contribution in [-0.2, 0) is 4.74 Å². The first-order valence-electron chi connectivity index (χ1n) is 11.8. The minimum Gasteiger partial charge on any atom is -0.501 e. The van der Waals surface area contributed by atoms with E-state index in [1.807, 2.05) is 0 Å². The van der Waals surface area contributed by atoms with E-state index >= 15 is 0 Å². The highest BCUT2D eigenvalue weighted by molar-refractivity contribution is 6.07. The molecule has 38 heavy (non-hydrogen) atoms. The van der Waals surface area contributed by atoms with Crippen molar-refractivity contribution in [1.82, 2.24) is 15.0 Å². The number of carbonyl (C=O) groups is 1. The van der Waals surface area contributed by atoms with Gasteiger partial charge in [-0.15, -0.1) is 0 Å². The van der Waals surface area contributed by atoms with Gasteiger partial charge in [0.2, 0.25) is 11.2 Å². The maximum atomic E-state index is 13.0. The average Bonchev–Trinajstić information content (AvgIpc) is 3.52. The van der Waals surface area contributed by atoms with Gasteiger partial charge in [0.15, 0.2) is 5.76 Å². The number of aromatic amines is 2. The molecule has 3 heterocycles. The summed E-state index contributed by atoms with van der Waals surface area (Å²) < 4.78 is 21.9. The van der Waals surface area contributed by atoms with Crippen molar-refractivity contribution in [2.45, 2.75) is 13.8 Å². The summed E-state index contributed by atoms with van der Waals surface area (Å²) in [6.45, 7) is 3.51. The van der Waals surface area contributed by atoms with Crippen molar-refractivity contribution in [3.05, 3.63) is 70.2 Å². The number of aromatic hydroxyl groups is 1. The van der Waals surface area contributed by atoms with Crippen LogP contribution in [0.15, 0.2) is 57.7 Å². The second-order valence-corrected chi connectivity index (χ2v) is 8.45. The highest BCUT2D eigenvalue weighted by Crippen LogP contribution is 2.40. The van der Waals surface area contributed by atoms with E-state index in [4.69, 9.17) is 23.6 Å². The number of aromatic nitrogens is 3. The zero-order chi connectivity index (χ0) is 27.0. The van der Waals surface area contributed by atoms with Gasteiger partial charge in [0, 0.05) is 22.5 Å².